The van der Waals surface area contributed by atoms with E-state index >= 15 is 0 Å². The summed E-state index contributed by atoms with van der Waals surface area (Å²) in [5, 5.41) is 3.26. The van der Waals surface area contributed by atoms with Crippen LogP contribution in [-0.4, -0.2) is 13.6 Å². The van der Waals surface area contributed by atoms with Gasteiger partial charge in [-0.15, -0.1) is 0 Å². The van der Waals surface area contributed by atoms with Crippen LogP contribution in [0.25, 0.3) is 0 Å². The molecule has 72 valence electrons. The third kappa shape index (κ3) is 1.66. The normalized spacial score (nSPS) is 22.0. The first-order valence-corrected chi connectivity index (χ1v) is 5.16. The minimum Gasteiger partial charge on any atom is -0.320 e. The Balaban J connectivity index is 2.51. The molecule has 0 aromatic heterocycles. The first-order chi connectivity index (χ1) is 5.52. The minimum absolute atomic E-state index is 0.502. The van der Waals surface area contributed by atoms with Gasteiger partial charge in [-0.05, 0) is 43.7 Å². The van der Waals surface area contributed by atoms with Gasteiger partial charge in [-0.2, -0.15) is 0 Å². The molecule has 0 aliphatic heterocycles. The van der Waals surface area contributed by atoms with Crippen molar-refractivity contribution in [3.63, 3.8) is 0 Å². The standard InChI is InChI=1S/C11H23N/c1-10(2,3)11(6-5-7-11)8-9-12-4/h12H,5-9H2,1-4H3. The van der Waals surface area contributed by atoms with E-state index in [4.69, 9.17) is 0 Å². The summed E-state index contributed by atoms with van der Waals surface area (Å²) in [6.45, 7) is 8.35. The van der Waals surface area contributed by atoms with Crippen molar-refractivity contribution in [3.05, 3.63) is 0 Å². The summed E-state index contributed by atoms with van der Waals surface area (Å²) in [6, 6.07) is 0. The second-order valence-corrected chi connectivity index (χ2v) is 5.24. The van der Waals surface area contributed by atoms with Crippen molar-refractivity contribution < 1.29 is 0 Å². The Morgan fingerprint density at radius 3 is 2.08 bits per heavy atom. The molecule has 0 amide bonds. The molecule has 0 saturated heterocycles. The van der Waals surface area contributed by atoms with Crippen LogP contribution in [0.5, 0.6) is 0 Å². The van der Waals surface area contributed by atoms with Crippen LogP contribution in [0, 0.1) is 10.8 Å². The van der Waals surface area contributed by atoms with Crippen molar-refractivity contribution in [1.82, 2.24) is 5.32 Å². The molecule has 1 saturated carbocycles. The summed E-state index contributed by atoms with van der Waals surface area (Å²) in [7, 11) is 2.05. The smallest absolute Gasteiger partial charge is 0.00464 e. The molecule has 1 rings (SSSR count). The Hall–Kier alpha value is -0.0400. The van der Waals surface area contributed by atoms with Crippen molar-refractivity contribution in [1.29, 1.82) is 0 Å². The zero-order chi connectivity index (χ0) is 9.24. The van der Waals surface area contributed by atoms with Gasteiger partial charge in [0.1, 0.15) is 0 Å². The molecule has 1 fully saturated rings. The molecular formula is C11H23N. The number of hydrogen-bond donors (Lipinski definition) is 1. The summed E-state index contributed by atoms with van der Waals surface area (Å²) in [5.41, 5.74) is 1.15. The van der Waals surface area contributed by atoms with E-state index in [-0.39, 0.29) is 0 Å². The third-order valence-corrected chi connectivity index (χ3v) is 3.76. The fourth-order valence-corrected chi connectivity index (χ4v) is 2.34. The molecule has 1 aliphatic rings. The van der Waals surface area contributed by atoms with Crippen LogP contribution in [0.3, 0.4) is 0 Å². The Bertz CT molecular complexity index is 140. The zero-order valence-electron chi connectivity index (χ0n) is 9.04. The molecule has 1 N–H and O–H groups in total. The number of hydrogen-bond acceptors (Lipinski definition) is 1. The molecule has 1 aliphatic carbocycles. The lowest BCUT2D eigenvalue weighted by molar-refractivity contribution is -0.0109. The average molecular weight is 169 g/mol. The quantitative estimate of drug-likeness (QED) is 0.685. The number of nitrogens with one attached hydrogen (secondary N) is 1. The molecule has 0 aromatic carbocycles. The van der Waals surface area contributed by atoms with Gasteiger partial charge in [0.25, 0.3) is 0 Å². The van der Waals surface area contributed by atoms with Crippen LogP contribution in [0.15, 0.2) is 0 Å². The molecular weight excluding hydrogens is 146 g/mol. The molecule has 0 radical (unpaired) electrons. The molecule has 12 heavy (non-hydrogen) atoms. The topological polar surface area (TPSA) is 12.0 Å². The summed E-state index contributed by atoms with van der Waals surface area (Å²) < 4.78 is 0. The molecule has 0 spiro atoms. The molecule has 1 nitrogen and oxygen atoms in total. The highest BCUT2D eigenvalue weighted by Crippen LogP contribution is 2.55. The van der Waals surface area contributed by atoms with Crippen LogP contribution in [0.4, 0.5) is 0 Å². The Labute approximate surface area is 76.9 Å². The summed E-state index contributed by atoms with van der Waals surface area (Å²) >= 11 is 0. The highest BCUT2D eigenvalue weighted by atomic mass is 14.8. The van der Waals surface area contributed by atoms with Gasteiger partial charge >= 0.3 is 0 Å². The van der Waals surface area contributed by atoms with Crippen LogP contribution >= 0.6 is 0 Å². The van der Waals surface area contributed by atoms with Crippen molar-refractivity contribution in [2.45, 2.75) is 46.5 Å². The first kappa shape index (κ1) is 10.0. The van der Waals surface area contributed by atoms with Crippen molar-refractivity contribution >= 4 is 0 Å². The molecule has 0 aromatic rings. The van der Waals surface area contributed by atoms with E-state index in [1.165, 1.54) is 32.2 Å². The maximum absolute atomic E-state index is 3.26. The van der Waals surface area contributed by atoms with E-state index in [2.05, 4.69) is 33.1 Å². The van der Waals surface area contributed by atoms with E-state index in [0.29, 0.717) is 10.8 Å². The van der Waals surface area contributed by atoms with Gasteiger partial charge in [0.15, 0.2) is 0 Å². The Morgan fingerprint density at radius 2 is 1.83 bits per heavy atom. The van der Waals surface area contributed by atoms with Gasteiger partial charge in [-0.1, -0.05) is 27.2 Å². The predicted molar refractivity (Wildman–Crippen MR) is 54.3 cm³/mol. The van der Waals surface area contributed by atoms with E-state index < -0.39 is 0 Å². The Kier molecular flexibility index (Phi) is 2.82. The van der Waals surface area contributed by atoms with E-state index in [9.17, 15) is 0 Å². The molecule has 0 atom stereocenters. The molecule has 0 heterocycles. The van der Waals surface area contributed by atoms with Crippen LogP contribution in [0.2, 0.25) is 0 Å². The second-order valence-electron chi connectivity index (χ2n) is 5.24. The summed E-state index contributed by atoms with van der Waals surface area (Å²) in [5.74, 6) is 0. The lowest BCUT2D eigenvalue weighted by Crippen LogP contribution is -2.43. The lowest BCUT2D eigenvalue weighted by Gasteiger charge is -2.52. The minimum atomic E-state index is 0.502. The molecule has 1 heteroatoms. The third-order valence-electron chi connectivity index (χ3n) is 3.76. The lowest BCUT2D eigenvalue weighted by atomic mass is 9.53. The van der Waals surface area contributed by atoms with E-state index in [1.807, 2.05) is 0 Å². The van der Waals surface area contributed by atoms with Crippen LogP contribution in [0.1, 0.15) is 46.5 Å². The van der Waals surface area contributed by atoms with Crippen LogP contribution < -0.4 is 5.32 Å². The molecule has 0 unspecified atom stereocenters. The van der Waals surface area contributed by atoms with Gasteiger partial charge in [0.05, 0.1) is 0 Å². The van der Waals surface area contributed by atoms with E-state index in [1.54, 1.807) is 0 Å². The van der Waals surface area contributed by atoms with Crippen molar-refractivity contribution in [3.8, 4) is 0 Å². The van der Waals surface area contributed by atoms with Crippen molar-refractivity contribution in [2.24, 2.45) is 10.8 Å². The summed E-state index contributed by atoms with van der Waals surface area (Å²) in [6.07, 6.45) is 5.68. The SMILES string of the molecule is CNCCC1(C(C)(C)C)CCC1. The fraction of sp³-hybridized carbons (Fsp3) is 1.00. The van der Waals surface area contributed by atoms with Crippen LogP contribution in [-0.2, 0) is 0 Å². The van der Waals surface area contributed by atoms with Gasteiger partial charge < -0.3 is 5.32 Å². The molecule has 0 bridgehead atoms. The fourth-order valence-electron chi connectivity index (χ4n) is 2.34. The number of rotatable bonds is 3. The highest BCUT2D eigenvalue weighted by Gasteiger charge is 2.45. The van der Waals surface area contributed by atoms with E-state index in [0.717, 1.165) is 0 Å². The zero-order valence-corrected chi connectivity index (χ0v) is 9.04. The van der Waals surface area contributed by atoms with Gasteiger partial charge in [0.2, 0.25) is 0 Å². The summed E-state index contributed by atoms with van der Waals surface area (Å²) in [4.78, 5) is 0. The van der Waals surface area contributed by atoms with Gasteiger partial charge in [-0.3, -0.25) is 0 Å². The maximum atomic E-state index is 3.26. The average Bonchev–Trinajstić information content (AvgIpc) is 1.82. The maximum Gasteiger partial charge on any atom is -0.00464 e. The largest absolute Gasteiger partial charge is 0.320 e. The predicted octanol–water partition coefficient (Wildman–Crippen LogP) is 2.81. The first-order valence-electron chi connectivity index (χ1n) is 5.16. The highest BCUT2D eigenvalue weighted by molar-refractivity contribution is 4.96. The van der Waals surface area contributed by atoms with Crippen molar-refractivity contribution in [2.75, 3.05) is 13.6 Å². The van der Waals surface area contributed by atoms with Gasteiger partial charge in [0, 0.05) is 0 Å². The monoisotopic (exact) mass is 169 g/mol. The van der Waals surface area contributed by atoms with Gasteiger partial charge in [-0.25, -0.2) is 0 Å². The second kappa shape index (κ2) is 3.37. The Morgan fingerprint density at radius 1 is 1.25 bits per heavy atom.